The zero-order valence-corrected chi connectivity index (χ0v) is 90.0. The van der Waals surface area contributed by atoms with Crippen molar-refractivity contribution in [3.63, 3.8) is 0 Å². The molecule has 4 fully saturated rings. The molecule has 20 rings (SSSR count). The number of fused-ring (bicyclic) bond motifs is 3. The van der Waals surface area contributed by atoms with Gasteiger partial charge in [-0.05, 0) is 331 Å². The summed E-state index contributed by atoms with van der Waals surface area (Å²) in [5, 5.41) is 26.7. The van der Waals surface area contributed by atoms with Crippen LogP contribution in [0.15, 0.2) is 347 Å². The molecular weight excluding hydrogens is 2250 g/mol. The van der Waals surface area contributed by atoms with Gasteiger partial charge in [-0.25, -0.2) is 18.2 Å². The summed E-state index contributed by atoms with van der Waals surface area (Å²) in [4.78, 5) is 141. The summed E-state index contributed by atoms with van der Waals surface area (Å²) in [6, 6.07) is 86.9. The van der Waals surface area contributed by atoms with Gasteiger partial charge < -0.3 is 39.2 Å². The Kier molecular flexibility index (Phi) is 36.4. The fourth-order valence-corrected chi connectivity index (χ4v) is 21.2. The molecule has 10 heterocycles. The Balaban J connectivity index is 0.000000134. The van der Waals surface area contributed by atoms with Crippen LogP contribution in [0, 0.1) is 3.57 Å². The number of carboxylic acid groups (broad SMARTS) is 1. The number of aromatic carboxylic acids is 1. The van der Waals surface area contributed by atoms with Crippen molar-refractivity contribution < 1.29 is 70.9 Å². The normalized spacial score (nSPS) is 15.3. The number of Topliss-reactive ketones (excluding diaryl/α,β-unsaturated/α-hetero) is 2. The SMILES string of the molecule is CCCOc1ccc(-c2cc(C(=O)O)c3cc(Cl)ccc3n2)cc1.CCN1C(=O)/C(=C2\SC(=S)N(C3CCS(=O)(=O)C3)C2=O)c2ccccc21.CCOc1ccc(C(=O)Nc2cccc(C(C)=O)c2)cc1Br.O=C(CC(Nc1ccc2ccccc2c1)c1ccncc1)c1cccnc1.O=C1NC(=S)N(c2ccccc2)C(=O)/C1=C/c1cccn1-c1ccc(Br)cc1.O=C1NC(=S)NC(=O)C1=Cc1cccn1-c1ccc(I)cc1. The first kappa shape index (κ1) is 108. The highest BCUT2D eigenvalue weighted by molar-refractivity contribution is 14.1. The van der Waals surface area contributed by atoms with E-state index < -0.39 is 45.5 Å². The molecule has 4 saturated heterocycles. The number of aromatic nitrogens is 5. The largest absolute Gasteiger partial charge is 0.494 e. The Hall–Kier alpha value is -15.0. The number of para-hydroxylation sites is 2. The van der Waals surface area contributed by atoms with E-state index in [0.29, 0.717) is 109 Å². The number of thiocarbonyl (C=S) groups is 3. The molecule has 6 N–H and O–H groups in total. The maximum atomic E-state index is 13.1. The van der Waals surface area contributed by atoms with E-state index in [4.69, 9.17) is 57.7 Å². The van der Waals surface area contributed by atoms with Gasteiger partial charge in [-0.2, -0.15) is 0 Å². The number of anilines is 4. The van der Waals surface area contributed by atoms with Crippen LogP contribution < -0.4 is 45.9 Å². The lowest BCUT2D eigenvalue weighted by molar-refractivity contribution is -0.124. The van der Waals surface area contributed by atoms with Crippen molar-refractivity contribution in [2.45, 2.75) is 59.0 Å². The minimum absolute atomic E-state index is 0.0227. The van der Waals surface area contributed by atoms with Crippen LogP contribution in [-0.4, -0.2) is 153 Å². The number of likely N-dealkylation sites (N-methyl/N-ethyl adjacent to an activating group) is 1. The van der Waals surface area contributed by atoms with Crippen molar-refractivity contribution in [3.8, 4) is 34.1 Å². The predicted octanol–water partition coefficient (Wildman–Crippen LogP) is 22.3. The number of hydrogen-bond donors (Lipinski definition) is 6. The van der Waals surface area contributed by atoms with Crippen molar-refractivity contribution in [1.29, 1.82) is 0 Å². The number of carbonyl (C=O) groups excluding carboxylic acids is 9. The van der Waals surface area contributed by atoms with Gasteiger partial charge >= 0.3 is 5.97 Å². The molecule has 15 aromatic rings. The van der Waals surface area contributed by atoms with Crippen molar-refractivity contribution >= 4 is 260 Å². The van der Waals surface area contributed by atoms with Crippen molar-refractivity contribution in [2.75, 3.05) is 51.7 Å². The highest BCUT2D eigenvalue weighted by atomic mass is 127. The molecule has 2 atom stereocenters. The molecule has 149 heavy (non-hydrogen) atoms. The molecule has 7 amide bonds. The third-order valence-corrected chi connectivity index (χ3v) is 29.2. The fourth-order valence-electron chi connectivity index (χ4n) is 16.3. The topological polar surface area (TPSA) is 362 Å². The van der Waals surface area contributed by atoms with Crippen molar-refractivity contribution in [3.05, 3.63) is 401 Å². The maximum absolute atomic E-state index is 13.1. The van der Waals surface area contributed by atoms with Gasteiger partial charge in [0.1, 0.15) is 27.0 Å². The summed E-state index contributed by atoms with van der Waals surface area (Å²) in [7, 11) is -3.14. The number of ketones is 2. The molecule has 37 heteroatoms. The molecule has 0 bridgehead atoms. The van der Waals surface area contributed by atoms with E-state index in [9.17, 15) is 61.5 Å². The van der Waals surface area contributed by atoms with E-state index in [1.165, 1.54) is 22.1 Å². The Morgan fingerprint density at radius 1 is 0.617 bits per heavy atom. The number of nitrogens with one attached hydrogen (secondary N) is 5. The number of pyridine rings is 3. The molecule has 5 aliphatic heterocycles. The van der Waals surface area contributed by atoms with Crippen LogP contribution in [0.25, 0.3) is 62.0 Å². The van der Waals surface area contributed by atoms with E-state index >= 15 is 0 Å². The van der Waals surface area contributed by atoms with Crippen LogP contribution >= 0.6 is 114 Å². The average Bonchev–Trinajstić information content (AvgIpc) is 1.57. The highest BCUT2D eigenvalue weighted by Crippen LogP contribution is 2.46. The first-order valence-corrected chi connectivity index (χ1v) is 53.3. The Labute approximate surface area is 913 Å². The number of sulfone groups is 1. The third-order valence-electron chi connectivity index (χ3n) is 23.5. The summed E-state index contributed by atoms with van der Waals surface area (Å²) in [5.41, 5.74) is 12.3. The summed E-state index contributed by atoms with van der Waals surface area (Å²) < 4.78 is 41.5. The monoisotopic (exact) mass is 2340 g/mol. The van der Waals surface area contributed by atoms with E-state index in [1.54, 1.807) is 133 Å². The van der Waals surface area contributed by atoms with E-state index in [2.05, 4.69) is 120 Å². The second-order valence-corrected chi connectivity index (χ2v) is 41.6. The van der Waals surface area contributed by atoms with Gasteiger partial charge in [0.05, 0.1) is 79.9 Å². The average molecular weight is 2340 g/mol. The zero-order valence-electron chi connectivity index (χ0n) is 79.9. The minimum Gasteiger partial charge on any atom is -0.494 e. The van der Waals surface area contributed by atoms with E-state index in [0.717, 1.165) is 87.0 Å². The number of halogens is 4. The quantitative estimate of drug-likeness (QED) is 0.0114. The van der Waals surface area contributed by atoms with Crippen LogP contribution in [0.1, 0.15) is 117 Å². The zero-order chi connectivity index (χ0) is 106. The lowest BCUT2D eigenvalue weighted by Gasteiger charge is -2.28. The lowest BCUT2D eigenvalue weighted by Crippen LogP contribution is -2.54. The Morgan fingerprint density at radius 2 is 1.28 bits per heavy atom. The molecule has 0 aliphatic carbocycles. The van der Waals surface area contributed by atoms with Crippen LogP contribution in [0.5, 0.6) is 11.5 Å². The molecular formula is C112H91Br2ClIN13O15S5. The second-order valence-electron chi connectivity index (χ2n) is 33.5. The third kappa shape index (κ3) is 27.1. The Bertz CT molecular complexity index is 7920. The molecule has 0 spiro atoms. The number of carbonyl (C=O) groups is 10. The highest BCUT2D eigenvalue weighted by Gasteiger charge is 2.47. The number of rotatable bonds is 23. The first-order chi connectivity index (χ1) is 71.8. The molecule has 28 nitrogen and oxygen atoms in total. The summed E-state index contributed by atoms with van der Waals surface area (Å²) >= 11 is 31.5. The number of ether oxygens (including phenoxy) is 2. The number of carboxylic acids is 1. The van der Waals surface area contributed by atoms with Gasteiger partial charge in [0.2, 0.25) is 0 Å². The van der Waals surface area contributed by atoms with E-state index in [1.807, 2.05) is 212 Å². The van der Waals surface area contributed by atoms with Gasteiger partial charge in [0, 0.05) is 131 Å². The van der Waals surface area contributed by atoms with Crippen LogP contribution in [0.2, 0.25) is 5.02 Å². The van der Waals surface area contributed by atoms with Crippen LogP contribution in [0.3, 0.4) is 0 Å². The molecule has 5 aliphatic rings. The molecule has 2 unspecified atom stereocenters. The number of benzene rings is 10. The van der Waals surface area contributed by atoms with Crippen LogP contribution in [0.4, 0.5) is 22.7 Å². The maximum Gasteiger partial charge on any atom is 0.336 e. The first-order valence-electron chi connectivity index (χ1n) is 46.4. The lowest BCUT2D eigenvalue weighted by atomic mass is 9.99. The Morgan fingerprint density at radius 3 is 1.92 bits per heavy atom. The summed E-state index contributed by atoms with van der Waals surface area (Å²) in [6.07, 6.45) is 15.3. The minimum atomic E-state index is -3.14. The number of nitrogens with zero attached hydrogens (tertiary/aromatic N) is 8. The number of hydrogen-bond acceptors (Lipinski definition) is 22. The molecule has 0 saturated carbocycles. The molecule has 10 aromatic carbocycles. The number of amides is 7. The predicted molar refractivity (Wildman–Crippen MR) is 609 cm³/mol. The summed E-state index contributed by atoms with van der Waals surface area (Å²) in [5.74, 6) is -2.31. The molecule has 752 valence electrons. The fraction of sp³-hybridized carbons (Fsp3) is 0.125. The molecule has 0 radical (unpaired) electrons. The van der Waals surface area contributed by atoms with Gasteiger partial charge in [-0.3, -0.25) is 78.9 Å². The van der Waals surface area contributed by atoms with Crippen LogP contribution in [-0.2, 0) is 38.6 Å². The number of thioether (sulfide) groups is 1. The standard InChI is InChI=1S/C23H19N3O.C21H14BrN3O2S.C19H16ClNO3.C17H16BrNO3.C17H16N2O4S3.C15H10IN3O2S/c27-23(20-6-3-11-25-16-20)15-22(18-9-12-24-13-10-18)26-21-8-7-17-4-1-2-5-19(17)14-21;22-14-8-10-15(11-9-14)24-12-4-7-17(24)13-18-19(26)23-21(28)25(20(18)27)16-5-2-1-3-6-16;1-2-9-24-14-6-3-12(4-7-14)18-11-16(19(22)23)15-10-13(20)5-8-17(15)21-18;1-3-22-16-8-7-13(10-15(16)18)17(21)19-14-6-4-5-12(9-14)11(2)20;1-2-18-12-6-4-3-5-11(12)13(15(18)20)14-16(21)19(17(24)25-14)10-7-8-26(22,23)9-10;16-9-3-5-10(6-4-9)19-7-1-2-11(19)8-12-13(20)17-15(22)18-14(12)21/h1-14,16,22,26H,15H2;1-13H,(H,23,26,28);3-8,10-11H,2,9H2,1H3,(H,22,23);4-10H,3H2,1-2H3,(H,19,21);3-6,10H,2,7-9H2,1H3;1-8H,(H2,17,18,20,21,22)/b;18-13+;;;14-13-;. The second kappa shape index (κ2) is 50.1. The van der Waals surface area contributed by atoms with Gasteiger partial charge in [-0.1, -0.05) is 137 Å². The van der Waals surface area contributed by atoms with Crippen molar-refractivity contribution in [2.24, 2.45) is 0 Å². The van der Waals surface area contributed by atoms with Gasteiger partial charge in [0.25, 0.3) is 41.4 Å². The van der Waals surface area contributed by atoms with Gasteiger partial charge in [0.15, 0.2) is 31.6 Å². The summed E-state index contributed by atoms with van der Waals surface area (Å²) in [6.45, 7) is 9.04. The molecule has 5 aromatic heterocycles. The van der Waals surface area contributed by atoms with Gasteiger partial charge in [-0.15, -0.1) is 0 Å². The van der Waals surface area contributed by atoms with Crippen molar-refractivity contribution in [1.82, 2.24) is 44.9 Å². The van der Waals surface area contributed by atoms with E-state index in [-0.39, 0.29) is 73.8 Å². The smallest absolute Gasteiger partial charge is 0.336 e.